The first kappa shape index (κ1) is 20.2. The highest BCUT2D eigenvalue weighted by Crippen LogP contribution is 2.29. The molecule has 0 amide bonds. The minimum absolute atomic E-state index is 0.368. The molecule has 4 aromatic rings. The Hall–Kier alpha value is -3.13. The number of hydrogen-bond donors (Lipinski definition) is 1. The second-order valence-electron chi connectivity index (χ2n) is 6.55. The number of aromatic nitrogens is 3. The number of hydrogen-bond acceptors (Lipinski definition) is 7. The van der Waals surface area contributed by atoms with E-state index in [1.807, 2.05) is 54.9 Å². The minimum Gasteiger partial charge on any atom is -0.365 e. The molecule has 0 atom stereocenters. The van der Waals surface area contributed by atoms with Gasteiger partial charge in [0.05, 0.1) is 12.2 Å². The predicted octanol–water partition coefficient (Wildman–Crippen LogP) is 4.96. The Morgan fingerprint density at radius 2 is 1.70 bits per heavy atom. The number of anilines is 1. The summed E-state index contributed by atoms with van der Waals surface area (Å²) < 4.78 is 10.5. The van der Waals surface area contributed by atoms with Gasteiger partial charge in [-0.2, -0.15) is 0 Å². The molecule has 4 rings (SSSR count). The average molecular weight is 419 g/mol. The van der Waals surface area contributed by atoms with Crippen molar-refractivity contribution in [3.8, 4) is 33.1 Å². The summed E-state index contributed by atoms with van der Waals surface area (Å²) in [6, 6.07) is 18.1. The number of nitrogens with zero attached hydrogens (tertiary/aromatic N) is 3. The van der Waals surface area contributed by atoms with Crippen LogP contribution in [-0.2, 0) is 9.47 Å². The molecule has 30 heavy (non-hydrogen) atoms. The number of pyridine rings is 1. The van der Waals surface area contributed by atoms with Gasteiger partial charge in [0.2, 0.25) is 0 Å². The molecule has 6 nitrogen and oxygen atoms in total. The summed E-state index contributed by atoms with van der Waals surface area (Å²) in [5.74, 6) is 1.34. The highest BCUT2D eigenvalue weighted by Gasteiger charge is 2.12. The second-order valence-corrected chi connectivity index (χ2v) is 7.50. The molecule has 0 saturated heterocycles. The first-order valence-electron chi connectivity index (χ1n) is 9.50. The third-order valence-electron chi connectivity index (χ3n) is 4.57. The Morgan fingerprint density at radius 1 is 0.900 bits per heavy atom. The van der Waals surface area contributed by atoms with Crippen molar-refractivity contribution in [3.05, 3.63) is 72.4 Å². The molecule has 0 radical (unpaired) electrons. The monoisotopic (exact) mass is 418 g/mol. The molecule has 0 aliphatic rings. The van der Waals surface area contributed by atoms with Gasteiger partial charge in [0, 0.05) is 54.2 Å². The molecule has 3 aromatic heterocycles. The lowest BCUT2D eigenvalue weighted by Crippen LogP contribution is -2.24. The summed E-state index contributed by atoms with van der Waals surface area (Å²) in [7, 11) is 3.22. The predicted molar refractivity (Wildman–Crippen MR) is 120 cm³/mol. The van der Waals surface area contributed by atoms with Crippen molar-refractivity contribution >= 4 is 17.2 Å². The molecule has 1 N–H and O–H groups in total. The summed E-state index contributed by atoms with van der Waals surface area (Å²) in [6.07, 6.45) is 3.33. The summed E-state index contributed by atoms with van der Waals surface area (Å²) >= 11 is 1.69. The number of ether oxygens (including phenoxy) is 2. The zero-order chi connectivity index (χ0) is 20.8. The van der Waals surface area contributed by atoms with E-state index in [0.717, 1.165) is 22.4 Å². The van der Waals surface area contributed by atoms with Crippen molar-refractivity contribution in [1.29, 1.82) is 0 Å². The topological polar surface area (TPSA) is 69.2 Å². The van der Waals surface area contributed by atoms with Gasteiger partial charge < -0.3 is 14.8 Å². The minimum atomic E-state index is -0.368. The van der Waals surface area contributed by atoms with Crippen molar-refractivity contribution in [3.63, 3.8) is 0 Å². The van der Waals surface area contributed by atoms with Gasteiger partial charge in [0.1, 0.15) is 5.82 Å². The first-order valence-corrected chi connectivity index (χ1v) is 10.4. The van der Waals surface area contributed by atoms with E-state index in [-0.39, 0.29) is 6.29 Å². The van der Waals surface area contributed by atoms with Crippen LogP contribution in [0.4, 0.5) is 5.82 Å². The standard InChI is InChI=1S/C23H22N4O2S/c1-28-22(29-2)15-25-21-12-19(26-23(27-21)16-7-4-3-5-8-16)17-11-18(14-24-13-17)20-9-6-10-30-20/h3-14,22H,15H2,1-2H3,(H,25,26,27). The van der Waals surface area contributed by atoms with Gasteiger partial charge in [0.25, 0.3) is 0 Å². The fourth-order valence-corrected chi connectivity index (χ4v) is 3.72. The fraction of sp³-hybridized carbons (Fsp3) is 0.174. The van der Waals surface area contributed by atoms with Gasteiger partial charge >= 0.3 is 0 Å². The maximum atomic E-state index is 5.27. The number of benzene rings is 1. The van der Waals surface area contributed by atoms with E-state index in [1.165, 1.54) is 4.88 Å². The third-order valence-corrected chi connectivity index (χ3v) is 5.49. The fourth-order valence-electron chi connectivity index (χ4n) is 3.01. The summed E-state index contributed by atoms with van der Waals surface area (Å²) in [5.41, 5.74) is 3.73. The van der Waals surface area contributed by atoms with Crippen LogP contribution in [-0.4, -0.2) is 42.0 Å². The second kappa shape index (κ2) is 9.58. The molecule has 0 aliphatic carbocycles. The number of nitrogens with one attached hydrogen (secondary N) is 1. The van der Waals surface area contributed by atoms with Gasteiger partial charge in [-0.25, -0.2) is 9.97 Å². The molecule has 152 valence electrons. The zero-order valence-electron chi connectivity index (χ0n) is 16.8. The molecule has 0 bridgehead atoms. The highest BCUT2D eigenvalue weighted by atomic mass is 32.1. The molecule has 0 aliphatic heterocycles. The number of methoxy groups -OCH3 is 2. The SMILES string of the molecule is COC(CNc1cc(-c2cncc(-c3cccs3)c2)nc(-c2ccccc2)n1)OC. The largest absolute Gasteiger partial charge is 0.365 e. The molecule has 0 fully saturated rings. The number of thiophene rings is 1. The van der Waals surface area contributed by atoms with Crippen LogP contribution in [0, 0.1) is 0 Å². The van der Waals surface area contributed by atoms with Crippen LogP contribution in [0.3, 0.4) is 0 Å². The number of rotatable bonds is 8. The normalized spacial score (nSPS) is 11.0. The molecule has 0 unspecified atom stereocenters. The molecular formula is C23H22N4O2S. The van der Waals surface area contributed by atoms with Crippen LogP contribution in [0.5, 0.6) is 0 Å². The van der Waals surface area contributed by atoms with Crippen molar-refractivity contribution in [1.82, 2.24) is 15.0 Å². The summed E-state index contributed by atoms with van der Waals surface area (Å²) in [4.78, 5) is 15.1. The molecule has 7 heteroatoms. The van der Waals surface area contributed by atoms with Crippen LogP contribution in [0.1, 0.15) is 0 Å². The first-order chi connectivity index (χ1) is 14.8. The lowest BCUT2D eigenvalue weighted by atomic mass is 10.1. The maximum Gasteiger partial charge on any atom is 0.173 e. The zero-order valence-corrected chi connectivity index (χ0v) is 17.6. The van der Waals surface area contributed by atoms with Crippen LogP contribution >= 0.6 is 11.3 Å². The van der Waals surface area contributed by atoms with Crippen molar-refractivity contribution in [2.24, 2.45) is 0 Å². The lowest BCUT2D eigenvalue weighted by Gasteiger charge is -2.15. The molecule has 0 spiro atoms. The Bertz CT molecular complexity index is 1080. The van der Waals surface area contributed by atoms with Gasteiger partial charge in [-0.1, -0.05) is 36.4 Å². The highest BCUT2D eigenvalue weighted by molar-refractivity contribution is 7.13. The van der Waals surface area contributed by atoms with Crippen LogP contribution < -0.4 is 5.32 Å². The molecule has 0 saturated carbocycles. The Labute approximate surface area is 179 Å². The van der Waals surface area contributed by atoms with E-state index in [9.17, 15) is 0 Å². The van der Waals surface area contributed by atoms with E-state index < -0.39 is 0 Å². The molecular weight excluding hydrogens is 396 g/mol. The molecule has 3 heterocycles. The summed E-state index contributed by atoms with van der Waals surface area (Å²) in [6.45, 7) is 0.463. The van der Waals surface area contributed by atoms with E-state index >= 15 is 0 Å². The Morgan fingerprint density at radius 3 is 2.43 bits per heavy atom. The Kier molecular flexibility index (Phi) is 6.44. The van der Waals surface area contributed by atoms with Gasteiger partial charge in [-0.15, -0.1) is 11.3 Å². The van der Waals surface area contributed by atoms with E-state index in [2.05, 4.69) is 27.8 Å². The van der Waals surface area contributed by atoms with E-state index in [4.69, 9.17) is 19.4 Å². The van der Waals surface area contributed by atoms with Gasteiger partial charge in [-0.3, -0.25) is 4.98 Å². The maximum absolute atomic E-state index is 5.27. The van der Waals surface area contributed by atoms with Crippen LogP contribution in [0.2, 0.25) is 0 Å². The van der Waals surface area contributed by atoms with Crippen molar-refractivity contribution in [2.75, 3.05) is 26.1 Å². The average Bonchev–Trinajstić information content (AvgIpc) is 3.35. The van der Waals surface area contributed by atoms with Crippen molar-refractivity contribution in [2.45, 2.75) is 6.29 Å². The van der Waals surface area contributed by atoms with Gasteiger partial charge in [0.15, 0.2) is 12.1 Å². The quantitative estimate of drug-likeness (QED) is 0.408. The van der Waals surface area contributed by atoms with Crippen LogP contribution in [0.25, 0.3) is 33.1 Å². The van der Waals surface area contributed by atoms with E-state index in [0.29, 0.717) is 18.2 Å². The third kappa shape index (κ3) is 4.71. The van der Waals surface area contributed by atoms with E-state index in [1.54, 1.807) is 25.6 Å². The van der Waals surface area contributed by atoms with Gasteiger partial charge in [-0.05, 0) is 17.5 Å². The summed E-state index contributed by atoms with van der Waals surface area (Å²) in [5, 5.41) is 5.35. The van der Waals surface area contributed by atoms with Crippen molar-refractivity contribution < 1.29 is 9.47 Å². The molecule has 1 aromatic carbocycles. The lowest BCUT2D eigenvalue weighted by molar-refractivity contribution is -0.0914. The van der Waals surface area contributed by atoms with Crippen LogP contribution in [0.15, 0.2) is 72.4 Å². The smallest absolute Gasteiger partial charge is 0.173 e. The Balaban J connectivity index is 1.73.